The van der Waals surface area contributed by atoms with Gasteiger partial charge in [-0.2, -0.15) is 0 Å². The van der Waals surface area contributed by atoms with Crippen LogP contribution in [0.2, 0.25) is 0 Å². The van der Waals surface area contributed by atoms with Gasteiger partial charge in [0.1, 0.15) is 0 Å². The first-order chi connectivity index (χ1) is 6.47. The molecule has 1 saturated heterocycles. The number of nitrogens with zero attached hydrogens (tertiary/aromatic N) is 1. The van der Waals surface area contributed by atoms with Gasteiger partial charge < -0.3 is 5.32 Å². The van der Waals surface area contributed by atoms with E-state index in [1.54, 1.807) is 0 Å². The SMILES string of the molecule is CCCC(C)N1CC(C)NCC1(C)C. The van der Waals surface area contributed by atoms with E-state index in [2.05, 4.69) is 44.8 Å². The summed E-state index contributed by atoms with van der Waals surface area (Å²) in [6, 6.07) is 1.36. The molecule has 1 heterocycles. The second kappa shape index (κ2) is 4.63. The molecular weight excluding hydrogens is 172 g/mol. The second-order valence-electron chi connectivity index (χ2n) is 5.38. The number of hydrogen-bond acceptors (Lipinski definition) is 2. The van der Waals surface area contributed by atoms with Crippen LogP contribution in [-0.2, 0) is 0 Å². The lowest BCUT2D eigenvalue weighted by Crippen LogP contribution is -2.63. The summed E-state index contributed by atoms with van der Waals surface area (Å²) in [7, 11) is 0. The highest BCUT2D eigenvalue weighted by molar-refractivity contribution is 4.93. The van der Waals surface area contributed by atoms with Gasteiger partial charge in [0.15, 0.2) is 0 Å². The van der Waals surface area contributed by atoms with Crippen LogP contribution in [0.4, 0.5) is 0 Å². The minimum absolute atomic E-state index is 0.321. The monoisotopic (exact) mass is 198 g/mol. The topological polar surface area (TPSA) is 15.3 Å². The Morgan fingerprint density at radius 2 is 2.14 bits per heavy atom. The van der Waals surface area contributed by atoms with Gasteiger partial charge in [-0.3, -0.25) is 4.90 Å². The summed E-state index contributed by atoms with van der Waals surface area (Å²) >= 11 is 0. The van der Waals surface area contributed by atoms with Gasteiger partial charge in [-0.25, -0.2) is 0 Å². The lowest BCUT2D eigenvalue weighted by atomic mass is 9.94. The van der Waals surface area contributed by atoms with Gasteiger partial charge in [0.2, 0.25) is 0 Å². The van der Waals surface area contributed by atoms with Gasteiger partial charge in [0.25, 0.3) is 0 Å². The van der Waals surface area contributed by atoms with Gasteiger partial charge in [-0.05, 0) is 34.1 Å². The average Bonchev–Trinajstić information content (AvgIpc) is 2.10. The normalized spacial score (nSPS) is 30.2. The molecule has 1 rings (SSSR count). The highest BCUT2D eigenvalue weighted by Crippen LogP contribution is 2.23. The Kier molecular flexibility index (Phi) is 3.96. The third kappa shape index (κ3) is 2.71. The van der Waals surface area contributed by atoms with Crippen LogP contribution in [0, 0.1) is 0 Å². The van der Waals surface area contributed by atoms with E-state index >= 15 is 0 Å². The molecule has 84 valence electrons. The first kappa shape index (κ1) is 12.0. The summed E-state index contributed by atoms with van der Waals surface area (Å²) in [6.45, 7) is 13.9. The fourth-order valence-electron chi connectivity index (χ4n) is 2.48. The van der Waals surface area contributed by atoms with Crippen molar-refractivity contribution in [1.29, 1.82) is 0 Å². The fourth-order valence-corrected chi connectivity index (χ4v) is 2.48. The van der Waals surface area contributed by atoms with Crippen molar-refractivity contribution in [3.05, 3.63) is 0 Å². The molecular formula is C12H26N2. The molecule has 0 radical (unpaired) electrons. The molecule has 1 aliphatic heterocycles. The molecule has 0 saturated carbocycles. The molecule has 0 aromatic carbocycles. The number of piperazine rings is 1. The smallest absolute Gasteiger partial charge is 0.0281 e. The van der Waals surface area contributed by atoms with E-state index in [1.165, 1.54) is 19.4 Å². The zero-order valence-corrected chi connectivity index (χ0v) is 10.4. The van der Waals surface area contributed by atoms with Crippen LogP contribution < -0.4 is 5.32 Å². The minimum Gasteiger partial charge on any atom is -0.311 e. The van der Waals surface area contributed by atoms with Crippen molar-refractivity contribution >= 4 is 0 Å². The van der Waals surface area contributed by atoms with Crippen LogP contribution in [-0.4, -0.2) is 35.6 Å². The second-order valence-corrected chi connectivity index (χ2v) is 5.38. The van der Waals surface area contributed by atoms with E-state index in [-0.39, 0.29) is 0 Å². The van der Waals surface area contributed by atoms with Crippen molar-refractivity contribution < 1.29 is 0 Å². The number of hydrogen-bond donors (Lipinski definition) is 1. The summed E-state index contributed by atoms with van der Waals surface area (Å²) in [5, 5.41) is 3.56. The molecule has 0 aliphatic carbocycles. The fraction of sp³-hybridized carbons (Fsp3) is 1.00. The van der Waals surface area contributed by atoms with Crippen molar-refractivity contribution in [1.82, 2.24) is 10.2 Å². The quantitative estimate of drug-likeness (QED) is 0.748. The lowest BCUT2D eigenvalue weighted by Gasteiger charge is -2.48. The molecule has 0 aromatic rings. The summed E-state index contributed by atoms with van der Waals surface area (Å²) in [5.74, 6) is 0. The number of nitrogens with one attached hydrogen (secondary N) is 1. The van der Waals surface area contributed by atoms with E-state index in [1.807, 2.05) is 0 Å². The van der Waals surface area contributed by atoms with Crippen molar-refractivity contribution in [2.45, 2.75) is 65.1 Å². The summed E-state index contributed by atoms with van der Waals surface area (Å²) in [5.41, 5.74) is 0.321. The molecule has 2 heteroatoms. The van der Waals surface area contributed by atoms with Crippen molar-refractivity contribution in [3.63, 3.8) is 0 Å². The Morgan fingerprint density at radius 3 is 2.71 bits per heavy atom. The third-order valence-electron chi connectivity index (χ3n) is 3.37. The van der Waals surface area contributed by atoms with E-state index in [0.717, 1.165) is 12.6 Å². The predicted octanol–water partition coefficient (Wildman–Crippen LogP) is 2.25. The van der Waals surface area contributed by atoms with E-state index in [4.69, 9.17) is 0 Å². The highest BCUT2D eigenvalue weighted by atomic mass is 15.3. The van der Waals surface area contributed by atoms with E-state index in [9.17, 15) is 0 Å². The maximum Gasteiger partial charge on any atom is 0.0281 e. The van der Waals surface area contributed by atoms with Crippen molar-refractivity contribution in [2.75, 3.05) is 13.1 Å². The Bertz CT molecular complexity index is 177. The van der Waals surface area contributed by atoms with Crippen LogP contribution >= 0.6 is 0 Å². The van der Waals surface area contributed by atoms with E-state index in [0.29, 0.717) is 11.6 Å². The summed E-state index contributed by atoms with van der Waals surface area (Å²) in [4.78, 5) is 2.66. The first-order valence-electron chi connectivity index (χ1n) is 5.97. The molecule has 1 aliphatic rings. The largest absolute Gasteiger partial charge is 0.311 e. The van der Waals surface area contributed by atoms with Crippen LogP contribution in [0.1, 0.15) is 47.5 Å². The highest BCUT2D eigenvalue weighted by Gasteiger charge is 2.34. The maximum atomic E-state index is 3.56. The van der Waals surface area contributed by atoms with E-state index < -0.39 is 0 Å². The van der Waals surface area contributed by atoms with Gasteiger partial charge in [-0.1, -0.05) is 13.3 Å². The molecule has 2 nitrogen and oxygen atoms in total. The first-order valence-corrected chi connectivity index (χ1v) is 5.97. The zero-order chi connectivity index (χ0) is 10.8. The average molecular weight is 198 g/mol. The predicted molar refractivity (Wildman–Crippen MR) is 62.6 cm³/mol. The zero-order valence-electron chi connectivity index (χ0n) is 10.4. The standard InChI is InChI=1S/C12H26N2/c1-6-7-11(3)14-8-10(2)13-9-12(14,4)5/h10-11,13H,6-9H2,1-5H3. The number of rotatable bonds is 3. The van der Waals surface area contributed by atoms with Crippen LogP contribution in [0.15, 0.2) is 0 Å². The lowest BCUT2D eigenvalue weighted by molar-refractivity contribution is 0.0313. The molecule has 1 fully saturated rings. The van der Waals surface area contributed by atoms with Crippen LogP contribution in [0.5, 0.6) is 0 Å². The molecule has 14 heavy (non-hydrogen) atoms. The summed E-state index contributed by atoms with van der Waals surface area (Å²) in [6.07, 6.45) is 2.60. The van der Waals surface area contributed by atoms with Crippen LogP contribution in [0.3, 0.4) is 0 Å². The molecule has 0 bridgehead atoms. The molecule has 0 aromatic heterocycles. The Morgan fingerprint density at radius 1 is 1.50 bits per heavy atom. The Balaban J connectivity index is 2.61. The van der Waals surface area contributed by atoms with Crippen molar-refractivity contribution in [2.24, 2.45) is 0 Å². The van der Waals surface area contributed by atoms with Crippen LogP contribution in [0.25, 0.3) is 0 Å². The molecule has 0 amide bonds. The van der Waals surface area contributed by atoms with Gasteiger partial charge in [0.05, 0.1) is 0 Å². The molecule has 1 N–H and O–H groups in total. The maximum absolute atomic E-state index is 3.56. The molecule has 0 spiro atoms. The summed E-state index contributed by atoms with van der Waals surface area (Å²) < 4.78 is 0. The van der Waals surface area contributed by atoms with Gasteiger partial charge in [-0.15, -0.1) is 0 Å². The molecule has 2 atom stereocenters. The molecule has 2 unspecified atom stereocenters. The van der Waals surface area contributed by atoms with Gasteiger partial charge in [0, 0.05) is 30.7 Å². The third-order valence-corrected chi connectivity index (χ3v) is 3.37. The minimum atomic E-state index is 0.321. The van der Waals surface area contributed by atoms with Gasteiger partial charge >= 0.3 is 0 Å². The van der Waals surface area contributed by atoms with Crippen molar-refractivity contribution in [3.8, 4) is 0 Å². The Labute approximate surface area is 89.1 Å². The Hall–Kier alpha value is -0.0800.